The van der Waals surface area contributed by atoms with Gasteiger partial charge in [0.25, 0.3) is 0 Å². The van der Waals surface area contributed by atoms with Gasteiger partial charge < -0.3 is 5.32 Å². The highest BCUT2D eigenvalue weighted by molar-refractivity contribution is 7.09. The highest BCUT2D eigenvalue weighted by Crippen LogP contribution is 2.47. The van der Waals surface area contributed by atoms with Crippen LogP contribution in [-0.4, -0.2) is 18.1 Å². The van der Waals surface area contributed by atoms with E-state index in [2.05, 4.69) is 22.6 Å². The number of aromatic nitrogens is 1. The van der Waals surface area contributed by atoms with E-state index < -0.39 is 0 Å². The average Bonchev–Trinajstić information content (AvgIpc) is 2.64. The number of hydrogen-bond acceptors (Lipinski definition) is 3. The van der Waals surface area contributed by atoms with Crippen LogP contribution in [0, 0.1) is 5.92 Å². The number of hydrogen-bond donors (Lipinski definition) is 1. The molecule has 0 spiro atoms. The quantitative estimate of drug-likeness (QED) is 0.768. The molecular formula is C9H14N2S. The number of nitrogens with one attached hydrogen (secondary N) is 1. The lowest BCUT2D eigenvalue weighted by molar-refractivity contribution is 0.648. The summed E-state index contributed by atoms with van der Waals surface area (Å²) in [5, 5.41) is 6.78. The molecule has 0 aliphatic heterocycles. The predicted molar refractivity (Wildman–Crippen MR) is 51.5 cm³/mol. The second-order valence-electron chi connectivity index (χ2n) is 3.28. The summed E-state index contributed by atoms with van der Waals surface area (Å²) in [5.74, 6) is 1.63. The third-order valence-corrected chi connectivity index (χ3v) is 3.26. The smallest absolute Gasteiger partial charge is 0.0959 e. The SMILES string of the molecule is CCNCC1CC1c1nccs1. The van der Waals surface area contributed by atoms with Crippen molar-refractivity contribution >= 4 is 11.3 Å². The van der Waals surface area contributed by atoms with E-state index in [0.717, 1.165) is 18.4 Å². The molecule has 1 heterocycles. The van der Waals surface area contributed by atoms with Crippen molar-refractivity contribution in [2.45, 2.75) is 19.3 Å². The van der Waals surface area contributed by atoms with Crippen LogP contribution in [0.25, 0.3) is 0 Å². The molecule has 0 amide bonds. The highest BCUT2D eigenvalue weighted by atomic mass is 32.1. The Bertz CT molecular complexity index is 233. The minimum absolute atomic E-state index is 0.768. The summed E-state index contributed by atoms with van der Waals surface area (Å²) in [6.07, 6.45) is 3.24. The normalized spacial score (nSPS) is 27.4. The minimum Gasteiger partial charge on any atom is -0.317 e. The first-order valence-electron chi connectivity index (χ1n) is 4.52. The van der Waals surface area contributed by atoms with Crippen molar-refractivity contribution < 1.29 is 0 Å². The number of thiazole rings is 1. The maximum Gasteiger partial charge on any atom is 0.0959 e. The van der Waals surface area contributed by atoms with Crippen molar-refractivity contribution in [3.63, 3.8) is 0 Å². The Hall–Kier alpha value is -0.410. The van der Waals surface area contributed by atoms with E-state index in [-0.39, 0.29) is 0 Å². The van der Waals surface area contributed by atoms with E-state index in [1.165, 1.54) is 18.0 Å². The van der Waals surface area contributed by atoms with Crippen molar-refractivity contribution in [1.29, 1.82) is 0 Å². The van der Waals surface area contributed by atoms with Crippen molar-refractivity contribution in [2.75, 3.05) is 13.1 Å². The van der Waals surface area contributed by atoms with Gasteiger partial charge in [0.05, 0.1) is 5.01 Å². The summed E-state index contributed by atoms with van der Waals surface area (Å²) < 4.78 is 0. The van der Waals surface area contributed by atoms with Crippen molar-refractivity contribution in [3.05, 3.63) is 16.6 Å². The second-order valence-corrected chi connectivity index (χ2v) is 4.21. The third kappa shape index (κ3) is 1.67. The molecule has 3 heteroatoms. The first kappa shape index (κ1) is 8.20. The first-order valence-corrected chi connectivity index (χ1v) is 5.40. The number of nitrogens with zero attached hydrogens (tertiary/aromatic N) is 1. The molecule has 1 aliphatic rings. The van der Waals surface area contributed by atoms with Crippen LogP contribution in [0.2, 0.25) is 0 Å². The minimum atomic E-state index is 0.768. The standard InChI is InChI=1S/C9H14N2S/c1-2-10-6-7-5-8(7)9-11-3-4-12-9/h3-4,7-8,10H,2,5-6H2,1H3. The molecule has 1 aliphatic carbocycles. The molecule has 66 valence electrons. The molecule has 2 rings (SSSR count). The Kier molecular flexibility index (Phi) is 2.42. The zero-order valence-corrected chi connectivity index (χ0v) is 8.10. The van der Waals surface area contributed by atoms with Gasteiger partial charge in [0, 0.05) is 17.5 Å². The largest absolute Gasteiger partial charge is 0.317 e. The summed E-state index contributed by atoms with van der Waals surface area (Å²) in [5.41, 5.74) is 0. The molecule has 0 radical (unpaired) electrons. The van der Waals surface area contributed by atoms with Crippen LogP contribution in [-0.2, 0) is 0 Å². The van der Waals surface area contributed by atoms with E-state index in [1.807, 2.05) is 6.20 Å². The fourth-order valence-corrected chi connectivity index (χ4v) is 2.37. The van der Waals surface area contributed by atoms with Gasteiger partial charge in [-0.15, -0.1) is 11.3 Å². The van der Waals surface area contributed by atoms with Gasteiger partial charge in [-0.3, -0.25) is 0 Å². The fourth-order valence-electron chi connectivity index (χ4n) is 1.52. The van der Waals surface area contributed by atoms with Gasteiger partial charge in [-0.2, -0.15) is 0 Å². The van der Waals surface area contributed by atoms with Gasteiger partial charge in [-0.1, -0.05) is 6.92 Å². The molecule has 12 heavy (non-hydrogen) atoms. The predicted octanol–water partition coefficient (Wildman–Crippen LogP) is 1.86. The molecule has 1 N–H and O–H groups in total. The molecule has 1 aromatic heterocycles. The van der Waals surface area contributed by atoms with Crippen molar-refractivity contribution in [1.82, 2.24) is 10.3 Å². The number of rotatable bonds is 4. The molecule has 1 fully saturated rings. The Morgan fingerprint density at radius 2 is 2.67 bits per heavy atom. The van der Waals surface area contributed by atoms with Crippen LogP contribution in [0.4, 0.5) is 0 Å². The third-order valence-electron chi connectivity index (χ3n) is 2.35. The molecule has 1 aromatic rings. The summed E-state index contributed by atoms with van der Waals surface area (Å²) in [7, 11) is 0. The first-order chi connectivity index (χ1) is 5.92. The van der Waals surface area contributed by atoms with Crippen LogP contribution >= 0.6 is 11.3 Å². The van der Waals surface area contributed by atoms with E-state index >= 15 is 0 Å². The summed E-state index contributed by atoms with van der Waals surface area (Å²) >= 11 is 1.79. The lowest BCUT2D eigenvalue weighted by Crippen LogP contribution is -2.16. The van der Waals surface area contributed by atoms with E-state index in [4.69, 9.17) is 0 Å². The average molecular weight is 182 g/mol. The van der Waals surface area contributed by atoms with E-state index in [0.29, 0.717) is 0 Å². The van der Waals surface area contributed by atoms with Gasteiger partial charge in [0.2, 0.25) is 0 Å². The van der Waals surface area contributed by atoms with Crippen LogP contribution < -0.4 is 5.32 Å². The molecule has 0 aromatic carbocycles. The fraction of sp³-hybridized carbons (Fsp3) is 0.667. The topological polar surface area (TPSA) is 24.9 Å². The highest BCUT2D eigenvalue weighted by Gasteiger charge is 2.39. The lowest BCUT2D eigenvalue weighted by atomic mass is 10.3. The summed E-state index contributed by atoms with van der Waals surface area (Å²) in [4.78, 5) is 4.33. The van der Waals surface area contributed by atoms with Crippen LogP contribution in [0.3, 0.4) is 0 Å². The van der Waals surface area contributed by atoms with Crippen molar-refractivity contribution in [2.24, 2.45) is 5.92 Å². The molecule has 2 nitrogen and oxygen atoms in total. The van der Waals surface area contributed by atoms with E-state index in [9.17, 15) is 0 Å². The second kappa shape index (κ2) is 3.54. The Morgan fingerprint density at radius 3 is 3.33 bits per heavy atom. The molecule has 2 atom stereocenters. The van der Waals surface area contributed by atoms with Crippen LogP contribution in [0.1, 0.15) is 24.3 Å². The lowest BCUT2D eigenvalue weighted by Gasteiger charge is -1.97. The maximum atomic E-state index is 4.33. The Balaban J connectivity index is 1.81. The summed E-state index contributed by atoms with van der Waals surface area (Å²) in [6.45, 7) is 4.41. The maximum absolute atomic E-state index is 4.33. The zero-order valence-electron chi connectivity index (χ0n) is 7.29. The molecule has 2 unspecified atom stereocenters. The Labute approximate surface area is 77.0 Å². The van der Waals surface area contributed by atoms with Gasteiger partial charge in [-0.05, 0) is 25.4 Å². The van der Waals surface area contributed by atoms with Gasteiger partial charge in [0.1, 0.15) is 0 Å². The van der Waals surface area contributed by atoms with E-state index in [1.54, 1.807) is 11.3 Å². The zero-order chi connectivity index (χ0) is 8.39. The van der Waals surface area contributed by atoms with Gasteiger partial charge >= 0.3 is 0 Å². The van der Waals surface area contributed by atoms with Gasteiger partial charge in [-0.25, -0.2) is 4.98 Å². The molecule has 0 bridgehead atoms. The summed E-state index contributed by atoms with van der Waals surface area (Å²) in [6, 6.07) is 0. The molecule has 1 saturated carbocycles. The monoisotopic (exact) mass is 182 g/mol. The molecule has 0 saturated heterocycles. The van der Waals surface area contributed by atoms with Crippen molar-refractivity contribution in [3.8, 4) is 0 Å². The van der Waals surface area contributed by atoms with Crippen LogP contribution in [0.15, 0.2) is 11.6 Å². The van der Waals surface area contributed by atoms with Gasteiger partial charge in [0.15, 0.2) is 0 Å². The Morgan fingerprint density at radius 1 is 1.75 bits per heavy atom. The molecular weight excluding hydrogens is 168 g/mol. The van der Waals surface area contributed by atoms with Crippen LogP contribution in [0.5, 0.6) is 0 Å².